The molecule has 32 heavy (non-hydrogen) atoms. The van der Waals surface area contributed by atoms with Crippen molar-refractivity contribution in [1.82, 2.24) is 29.0 Å². The predicted octanol–water partition coefficient (Wildman–Crippen LogP) is 2.50. The van der Waals surface area contributed by atoms with Gasteiger partial charge >= 0.3 is 0 Å². The highest BCUT2D eigenvalue weighted by Gasteiger charge is 2.16. The number of pyridine rings is 2. The molecule has 0 spiro atoms. The van der Waals surface area contributed by atoms with E-state index in [2.05, 4.69) is 39.4 Å². The number of piperidine rings is 1. The summed E-state index contributed by atoms with van der Waals surface area (Å²) >= 11 is 0. The van der Waals surface area contributed by atoms with E-state index in [1.165, 1.54) is 28.9 Å². The van der Waals surface area contributed by atoms with E-state index in [1.54, 1.807) is 24.4 Å². The highest BCUT2D eigenvalue weighted by atomic mass is 16.2. The summed E-state index contributed by atoms with van der Waals surface area (Å²) in [5.41, 5.74) is 3.09. The van der Waals surface area contributed by atoms with Gasteiger partial charge in [-0.2, -0.15) is 0 Å². The van der Waals surface area contributed by atoms with Crippen molar-refractivity contribution in [2.45, 2.75) is 32.9 Å². The lowest BCUT2D eigenvalue weighted by molar-refractivity contribution is 0.0945. The quantitative estimate of drug-likeness (QED) is 0.526. The number of hydrogen-bond acceptors (Lipinski definition) is 5. The second-order valence-electron chi connectivity index (χ2n) is 8.61. The van der Waals surface area contributed by atoms with Gasteiger partial charge in [0.15, 0.2) is 0 Å². The Labute approximate surface area is 185 Å². The lowest BCUT2D eigenvalue weighted by Crippen LogP contribution is -2.33. The normalized spacial score (nSPS) is 17.1. The van der Waals surface area contributed by atoms with Crippen LogP contribution in [0.25, 0.3) is 11.3 Å². The van der Waals surface area contributed by atoms with Gasteiger partial charge in [-0.25, -0.2) is 9.97 Å². The third-order valence-corrected chi connectivity index (χ3v) is 5.94. The molecule has 0 bridgehead atoms. The first-order valence-corrected chi connectivity index (χ1v) is 11.0. The topological polar surface area (TPSA) is 84.0 Å². The second-order valence-corrected chi connectivity index (χ2v) is 8.61. The Morgan fingerprint density at radius 2 is 2.06 bits per heavy atom. The first-order valence-electron chi connectivity index (χ1n) is 11.0. The molecule has 4 aromatic heterocycles. The summed E-state index contributed by atoms with van der Waals surface area (Å²) in [6, 6.07) is 10.6. The van der Waals surface area contributed by atoms with Gasteiger partial charge in [0, 0.05) is 37.7 Å². The van der Waals surface area contributed by atoms with Crippen LogP contribution < -0.4 is 10.9 Å². The SMILES string of the molecule is CC1CCCN(Cc2ccc3nc(CNC(=O)c4cc(=O)n5ccccc5n4)cn3c2)C1. The van der Waals surface area contributed by atoms with Crippen LogP contribution in [-0.4, -0.2) is 42.7 Å². The molecule has 0 aromatic carbocycles. The van der Waals surface area contributed by atoms with Gasteiger partial charge in [0.2, 0.25) is 0 Å². The minimum Gasteiger partial charge on any atom is -0.345 e. The molecule has 1 amide bonds. The molecule has 164 valence electrons. The van der Waals surface area contributed by atoms with Gasteiger partial charge in [0.05, 0.1) is 12.2 Å². The Hall–Kier alpha value is -3.52. The van der Waals surface area contributed by atoms with Crippen LogP contribution in [0.1, 0.15) is 41.5 Å². The fourth-order valence-electron chi connectivity index (χ4n) is 4.39. The molecule has 5 rings (SSSR count). The van der Waals surface area contributed by atoms with Crippen molar-refractivity contribution in [1.29, 1.82) is 0 Å². The largest absolute Gasteiger partial charge is 0.345 e. The Bertz CT molecular complexity index is 1340. The monoisotopic (exact) mass is 430 g/mol. The molecule has 1 aliphatic rings. The molecule has 0 radical (unpaired) electrons. The van der Waals surface area contributed by atoms with Crippen molar-refractivity contribution in [3.05, 3.63) is 82.3 Å². The minimum atomic E-state index is -0.398. The van der Waals surface area contributed by atoms with Crippen LogP contribution in [-0.2, 0) is 13.1 Å². The number of amides is 1. The van der Waals surface area contributed by atoms with E-state index in [9.17, 15) is 9.59 Å². The zero-order valence-electron chi connectivity index (χ0n) is 18.1. The predicted molar refractivity (Wildman–Crippen MR) is 121 cm³/mol. The molecular weight excluding hydrogens is 404 g/mol. The van der Waals surface area contributed by atoms with Gasteiger partial charge in [-0.15, -0.1) is 0 Å². The molecule has 1 atom stereocenters. The summed E-state index contributed by atoms with van der Waals surface area (Å²) < 4.78 is 3.41. The standard InChI is InChI=1S/C24H26N6O2/c1-17-5-4-9-28(13-17)14-18-7-8-21-26-19(16-29(21)15-18)12-25-24(32)20-11-23(31)30-10-3-2-6-22(30)27-20/h2-3,6-8,10-11,15-17H,4-5,9,12-14H2,1H3,(H,25,32). The van der Waals surface area contributed by atoms with Crippen LogP contribution >= 0.6 is 0 Å². The average Bonchev–Trinajstić information content (AvgIpc) is 3.20. The highest BCUT2D eigenvalue weighted by Crippen LogP contribution is 2.18. The summed E-state index contributed by atoms with van der Waals surface area (Å²) in [7, 11) is 0. The Kier molecular flexibility index (Phi) is 5.45. The van der Waals surface area contributed by atoms with Gasteiger partial charge in [0.1, 0.15) is 17.0 Å². The van der Waals surface area contributed by atoms with E-state index in [1.807, 2.05) is 16.7 Å². The third kappa shape index (κ3) is 4.27. The summed E-state index contributed by atoms with van der Waals surface area (Å²) in [4.78, 5) is 36.2. The van der Waals surface area contributed by atoms with Crippen molar-refractivity contribution in [3.8, 4) is 0 Å². The molecule has 1 aliphatic heterocycles. The molecule has 1 N–H and O–H groups in total. The van der Waals surface area contributed by atoms with Crippen molar-refractivity contribution >= 4 is 17.2 Å². The van der Waals surface area contributed by atoms with Crippen molar-refractivity contribution in [2.75, 3.05) is 13.1 Å². The van der Waals surface area contributed by atoms with Crippen LogP contribution in [0.5, 0.6) is 0 Å². The number of carbonyl (C=O) groups excluding carboxylic acids is 1. The van der Waals surface area contributed by atoms with Crippen LogP contribution in [0.4, 0.5) is 0 Å². The lowest BCUT2D eigenvalue weighted by atomic mass is 10.00. The number of fused-ring (bicyclic) bond motifs is 2. The number of carbonyl (C=O) groups is 1. The molecule has 8 nitrogen and oxygen atoms in total. The van der Waals surface area contributed by atoms with E-state index < -0.39 is 5.91 Å². The second kappa shape index (κ2) is 8.55. The van der Waals surface area contributed by atoms with Crippen molar-refractivity contribution < 1.29 is 4.79 Å². The first-order chi connectivity index (χ1) is 15.5. The zero-order chi connectivity index (χ0) is 22.1. The maximum Gasteiger partial charge on any atom is 0.270 e. The fourth-order valence-corrected chi connectivity index (χ4v) is 4.39. The molecule has 4 aromatic rings. The van der Waals surface area contributed by atoms with E-state index >= 15 is 0 Å². The number of rotatable bonds is 5. The van der Waals surface area contributed by atoms with Crippen LogP contribution in [0.2, 0.25) is 0 Å². The molecule has 1 fully saturated rings. The Morgan fingerprint density at radius 1 is 1.16 bits per heavy atom. The van der Waals surface area contributed by atoms with Gasteiger partial charge in [0.25, 0.3) is 11.5 Å². The van der Waals surface area contributed by atoms with Gasteiger partial charge in [-0.1, -0.05) is 19.1 Å². The number of imidazole rings is 1. The lowest BCUT2D eigenvalue weighted by Gasteiger charge is -2.30. The summed E-state index contributed by atoms with van der Waals surface area (Å²) in [6.07, 6.45) is 8.25. The summed E-state index contributed by atoms with van der Waals surface area (Å²) in [6.45, 7) is 5.81. The molecule has 1 unspecified atom stereocenters. The van der Waals surface area contributed by atoms with Crippen LogP contribution in [0.3, 0.4) is 0 Å². The number of aromatic nitrogens is 4. The van der Waals surface area contributed by atoms with Gasteiger partial charge < -0.3 is 9.72 Å². The molecule has 8 heteroatoms. The Balaban J connectivity index is 1.27. The maximum atomic E-state index is 12.6. The van der Waals surface area contributed by atoms with Crippen molar-refractivity contribution in [2.24, 2.45) is 5.92 Å². The van der Waals surface area contributed by atoms with E-state index in [0.717, 1.165) is 36.9 Å². The number of likely N-dealkylation sites (tertiary alicyclic amines) is 1. The Morgan fingerprint density at radius 3 is 2.94 bits per heavy atom. The summed E-state index contributed by atoms with van der Waals surface area (Å²) in [5.74, 6) is 0.356. The number of hydrogen-bond donors (Lipinski definition) is 1. The summed E-state index contributed by atoms with van der Waals surface area (Å²) in [5, 5.41) is 2.82. The smallest absolute Gasteiger partial charge is 0.270 e. The van der Waals surface area contributed by atoms with Gasteiger partial charge in [-0.05, 0) is 49.1 Å². The van der Waals surface area contributed by atoms with Crippen molar-refractivity contribution in [3.63, 3.8) is 0 Å². The average molecular weight is 431 g/mol. The highest BCUT2D eigenvalue weighted by molar-refractivity contribution is 5.92. The van der Waals surface area contributed by atoms with Gasteiger partial charge in [-0.3, -0.25) is 18.9 Å². The van der Waals surface area contributed by atoms with Crippen LogP contribution in [0.15, 0.2) is 59.8 Å². The zero-order valence-corrected chi connectivity index (χ0v) is 18.1. The first kappa shape index (κ1) is 20.4. The molecular formula is C24H26N6O2. The molecule has 1 saturated heterocycles. The minimum absolute atomic E-state index is 0.100. The van der Waals surface area contributed by atoms with E-state index in [-0.39, 0.29) is 17.8 Å². The maximum absolute atomic E-state index is 12.6. The molecule has 0 aliphatic carbocycles. The number of nitrogens with one attached hydrogen (secondary N) is 1. The van der Waals surface area contributed by atoms with E-state index in [4.69, 9.17) is 0 Å². The molecule has 5 heterocycles. The van der Waals surface area contributed by atoms with Crippen LogP contribution in [0, 0.1) is 5.92 Å². The van der Waals surface area contributed by atoms with E-state index in [0.29, 0.717) is 5.65 Å². The molecule has 0 saturated carbocycles. The fraction of sp³-hybridized carbons (Fsp3) is 0.333. The number of nitrogens with zero attached hydrogens (tertiary/aromatic N) is 5. The third-order valence-electron chi connectivity index (χ3n) is 5.94.